The molecule has 1 saturated heterocycles. The van der Waals surface area contributed by atoms with E-state index in [9.17, 15) is 5.11 Å². The van der Waals surface area contributed by atoms with Gasteiger partial charge in [-0.1, -0.05) is 24.6 Å². The van der Waals surface area contributed by atoms with Crippen molar-refractivity contribution in [1.29, 1.82) is 0 Å². The summed E-state index contributed by atoms with van der Waals surface area (Å²) in [6.07, 6.45) is 5.90. The van der Waals surface area contributed by atoms with Crippen molar-refractivity contribution in [2.45, 2.75) is 38.1 Å². The third-order valence-electron chi connectivity index (χ3n) is 3.81. The lowest BCUT2D eigenvalue weighted by Gasteiger charge is -2.34. The quantitative estimate of drug-likeness (QED) is 0.768. The van der Waals surface area contributed by atoms with Crippen molar-refractivity contribution < 1.29 is 9.84 Å². The standard InChI is InChI=1S/C16H25NO2/c18-14-15-8-4-5-11-17(15)12-6-7-13-19-16-9-2-1-3-10-16/h1-3,9-10,15,18H,4-8,11-14H2. The number of hydrogen-bond acceptors (Lipinski definition) is 3. The van der Waals surface area contributed by atoms with E-state index in [2.05, 4.69) is 4.90 Å². The van der Waals surface area contributed by atoms with E-state index in [0.29, 0.717) is 12.6 Å². The summed E-state index contributed by atoms with van der Waals surface area (Å²) in [4.78, 5) is 2.44. The molecule has 0 spiro atoms. The van der Waals surface area contributed by atoms with Gasteiger partial charge in [0.05, 0.1) is 13.2 Å². The summed E-state index contributed by atoms with van der Waals surface area (Å²) in [7, 11) is 0. The number of piperidine rings is 1. The zero-order chi connectivity index (χ0) is 13.3. The van der Waals surface area contributed by atoms with Gasteiger partial charge in [0.25, 0.3) is 0 Å². The van der Waals surface area contributed by atoms with Gasteiger partial charge in [-0.05, 0) is 50.9 Å². The third kappa shape index (κ3) is 4.84. The number of benzene rings is 1. The van der Waals surface area contributed by atoms with Crippen LogP contribution in [0.25, 0.3) is 0 Å². The van der Waals surface area contributed by atoms with E-state index in [1.807, 2.05) is 30.3 Å². The molecule has 1 fully saturated rings. The number of hydrogen-bond donors (Lipinski definition) is 1. The first-order chi connectivity index (χ1) is 9.40. The lowest BCUT2D eigenvalue weighted by Crippen LogP contribution is -2.42. The highest BCUT2D eigenvalue weighted by Crippen LogP contribution is 2.17. The van der Waals surface area contributed by atoms with Crippen LogP contribution in [0.3, 0.4) is 0 Å². The zero-order valence-corrected chi connectivity index (χ0v) is 11.6. The Morgan fingerprint density at radius 2 is 2.00 bits per heavy atom. The maximum Gasteiger partial charge on any atom is 0.119 e. The van der Waals surface area contributed by atoms with Gasteiger partial charge in [-0.15, -0.1) is 0 Å². The van der Waals surface area contributed by atoms with Gasteiger partial charge in [-0.3, -0.25) is 4.90 Å². The summed E-state index contributed by atoms with van der Waals surface area (Å²) in [5.41, 5.74) is 0. The Labute approximate surface area is 116 Å². The zero-order valence-electron chi connectivity index (χ0n) is 11.6. The first-order valence-electron chi connectivity index (χ1n) is 7.43. The predicted octanol–water partition coefficient (Wildman–Crippen LogP) is 2.69. The lowest BCUT2D eigenvalue weighted by atomic mass is 10.0. The van der Waals surface area contributed by atoms with Gasteiger partial charge in [0, 0.05) is 6.04 Å². The smallest absolute Gasteiger partial charge is 0.119 e. The van der Waals surface area contributed by atoms with Crippen LogP contribution in [0.1, 0.15) is 32.1 Å². The Balaban J connectivity index is 1.58. The number of aliphatic hydroxyl groups is 1. The van der Waals surface area contributed by atoms with Crippen molar-refractivity contribution in [2.75, 3.05) is 26.3 Å². The molecule has 1 N–H and O–H groups in total. The average molecular weight is 263 g/mol. The second kappa shape index (κ2) is 8.18. The Morgan fingerprint density at radius 3 is 2.79 bits per heavy atom. The monoisotopic (exact) mass is 263 g/mol. The van der Waals surface area contributed by atoms with Gasteiger partial charge in [-0.25, -0.2) is 0 Å². The minimum atomic E-state index is 0.306. The molecule has 1 aromatic rings. The summed E-state index contributed by atoms with van der Waals surface area (Å²) in [5, 5.41) is 9.35. The topological polar surface area (TPSA) is 32.7 Å². The molecule has 1 atom stereocenters. The molecule has 1 heterocycles. The van der Waals surface area contributed by atoms with E-state index in [4.69, 9.17) is 4.74 Å². The summed E-state index contributed by atoms with van der Waals surface area (Å²) < 4.78 is 5.68. The Bertz CT molecular complexity index is 342. The van der Waals surface area contributed by atoms with Crippen LogP contribution >= 0.6 is 0 Å². The second-order valence-electron chi connectivity index (χ2n) is 5.24. The fraction of sp³-hybridized carbons (Fsp3) is 0.625. The molecule has 1 unspecified atom stereocenters. The average Bonchev–Trinajstić information content (AvgIpc) is 2.48. The van der Waals surface area contributed by atoms with Crippen LogP contribution < -0.4 is 4.74 Å². The molecule has 19 heavy (non-hydrogen) atoms. The molecule has 1 aliphatic rings. The largest absolute Gasteiger partial charge is 0.494 e. The minimum Gasteiger partial charge on any atom is -0.494 e. The molecule has 0 aromatic heterocycles. The van der Waals surface area contributed by atoms with Gasteiger partial charge in [-0.2, -0.15) is 0 Å². The Hall–Kier alpha value is -1.06. The van der Waals surface area contributed by atoms with Gasteiger partial charge in [0.2, 0.25) is 0 Å². The van der Waals surface area contributed by atoms with Gasteiger partial charge in [0.1, 0.15) is 5.75 Å². The Morgan fingerprint density at radius 1 is 1.16 bits per heavy atom. The molecular formula is C16H25NO2. The Kier molecular flexibility index (Phi) is 6.18. The molecule has 0 amide bonds. The van der Waals surface area contributed by atoms with Crippen LogP contribution in [0.5, 0.6) is 5.75 Å². The number of nitrogens with zero attached hydrogens (tertiary/aromatic N) is 1. The van der Waals surface area contributed by atoms with Crippen LogP contribution in [0, 0.1) is 0 Å². The van der Waals surface area contributed by atoms with Crippen LogP contribution in [0.2, 0.25) is 0 Å². The highest BCUT2D eigenvalue weighted by atomic mass is 16.5. The fourth-order valence-electron chi connectivity index (χ4n) is 2.68. The van der Waals surface area contributed by atoms with Crippen LogP contribution in [-0.2, 0) is 0 Å². The van der Waals surface area contributed by atoms with E-state index in [-0.39, 0.29) is 0 Å². The summed E-state index contributed by atoms with van der Waals surface area (Å²) in [5.74, 6) is 0.953. The van der Waals surface area contributed by atoms with Crippen LogP contribution in [0.15, 0.2) is 30.3 Å². The molecule has 1 aromatic carbocycles. The predicted molar refractivity (Wildman–Crippen MR) is 77.5 cm³/mol. The SMILES string of the molecule is OCC1CCCCN1CCCCOc1ccccc1. The molecule has 3 heteroatoms. The van der Waals surface area contributed by atoms with E-state index in [1.54, 1.807) is 0 Å². The minimum absolute atomic E-state index is 0.306. The van der Waals surface area contributed by atoms with Gasteiger partial charge in [0.15, 0.2) is 0 Å². The maximum absolute atomic E-state index is 9.35. The number of para-hydroxylation sites is 1. The van der Waals surface area contributed by atoms with E-state index in [1.165, 1.54) is 12.8 Å². The van der Waals surface area contributed by atoms with Gasteiger partial charge < -0.3 is 9.84 Å². The highest BCUT2D eigenvalue weighted by molar-refractivity contribution is 5.20. The summed E-state index contributed by atoms with van der Waals surface area (Å²) >= 11 is 0. The van der Waals surface area contributed by atoms with Crippen molar-refractivity contribution in [3.63, 3.8) is 0 Å². The number of aliphatic hydroxyl groups excluding tert-OH is 1. The van der Waals surface area contributed by atoms with Crippen molar-refractivity contribution in [3.05, 3.63) is 30.3 Å². The molecule has 2 rings (SSSR count). The molecule has 0 bridgehead atoms. The fourth-order valence-corrected chi connectivity index (χ4v) is 2.68. The second-order valence-corrected chi connectivity index (χ2v) is 5.24. The number of likely N-dealkylation sites (tertiary alicyclic amines) is 1. The molecular weight excluding hydrogens is 238 g/mol. The molecule has 0 radical (unpaired) electrons. The molecule has 0 aliphatic carbocycles. The number of ether oxygens (including phenoxy) is 1. The normalized spacial score (nSPS) is 20.4. The molecule has 3 nitrogen and oxygen atoms in total. The summed E-state index contributed by atoms with van der Waals surface area (Å²) in [6, 6.07) is 10.4. The lowest BCUT2D eigenvalue weighted by molar-refractivity contribution is 0.0876. The van der Waals surface area contributed by atoms with Crippen molar-refractivity contribution in [2.24, 2.45) is 0 Å². The molecule has 1 aliphatic heterocycles. The van der Waals surface area contributed by atoms with Gasteiger partial charge >= 0.3 is 0 Å². The third-order valence-corrected chi connectivity index (χ3v) is 3.81. The number of unbranched alkanes of at least 4 members (excludes halogenated alkanes) is 1. The van der Waals surface area contributed by atoms with Crippen molar-refractivity contribution in [1.82, 2.24) is 4.90 Å². The van der Waals surface area contributed by atoms with Crippen LogP contribution in [-0.4, -0.2) is 42.4 Å². The van der Waals surface area contributed by atoms with Crippen molar-refractivity contribution in [3.8, 4) is 5.75 Å². The summed E-state index contributed by atoms with van der Waals surface area (Å²) in [6.45, 7) is 3.32. The highest BCUT2D eigenvalue weighted by Gasteiger charge is 2.20. The van der Waals surface area contributed by atoms with Crippen molar-refractivity contribution >= 4 is 0 Å². The molecule has 106 valence electrons. The number of rotatable bonds is 7. The molecule has 0 saturated carbocycles. The van der Waals surface area contributed by atoms with E-state index >= 15 is 0 Å². The first-order valence-corrected chi connectivity index (χ1v) is 7.43. The van der Waals surface area contributed by atoms with E-state index < -0.39 is 0 Å². The van der Waals surface area contributed by atoms with E-state index in [0.717, 1.165) is 44.7 Å². The first kappa shape index (κ1) is 14.4. The maximum atomic E-state index is 9.35. The van der Waals surface area contributed by atoms with Crippen LogP contribution in [0.4, 0.5) is 0 Å².